The van der Waals surface area contributed by atoms with Crippen molar-refractivity contribution in [3.05, 3.63) is 41.2 Å². The topological polar surface area (TPSA) is 66.8 Å². The number of methoxy groups -OCH3 is 1. The number of unbranched alkanes of at least 4 members (excludes halogenated alkanes) is 4. The van der Waals surface area contributed by atoms with Crippen molar-refractivity contribution in [3.63, 3.8) is 0 Å². The van der Waals surface area contributed by atoms with Crippen molar-refractivity contribution in [1.29, 1.82) is 0 Å². The van der Waals surface area contributed by atoms with Crippen LogP contribution >= 0.6 is 0 Å². The molecule has 0 saturated carbocycles. The molecule has 1 aliphatic rings. The predicted octanol–water partition coefficient (Wildman–Crippen LogP) is 4.58. The molecule has 2 N–H and O–H groups in total. The van der Waals surface area contributed by atoms with Gasteiger partial charge in [-0.1, -0.05) is 50.8 Å². The molecule has 0 aliphatic heterocycles. The Morgan fingerprint density at radius 3 is 2.77 bits per heavy atom. The summed E-state index contributed by atoms with van der Waals surface area (Å²) in [4.78, 5) is 11.3. The molecule has 1 atom stereocenters. The highest BCUT2D eigenvalue weighted by molar-refractivity contribution is 5.77. The van der Waals surface area contributed by atoms with Crippen LogP contribution in [0.15, 0.2) is 41.2 Å². The molecule has 0 saturated heterocycles. The van der Waals surface area contributed by atoms with Gasteiger partial charge in [0.25, 0.3) is 5.79 Å². The smallest absolute Gasteiger partial charge is 0.366 e. The Hall–Kier alpha value is -1.61. The Morgan fingerprint density at radius 1 is 1.31 bits per heavy atom. The molecule has 4 nitrogen and oxygen atoms in total. The fourth-order valence-corrected chi connectivity index (χ4v) is 3.03. The molecule has 0 bridgehead atoms. The molecule has 0 fully saturated rings. The number of hydrogen-bond donors (Lipinski definition) is 2. The van der Waals surface area contributed by atoms with Crippen LogP contribution in [0.25, 0.3) is 0 Å². The summed E-state index contributed by atoms with van der Waals surface area (Å²) in [6, 6.07) is 0. The van der Waals surface area contributed by atoms with Gasteiger partial charge in [-0.05, 0) is 56.3 Å². The molecule has 0 aromatic heterocycles. The van der Waals surface area contributed by atoms with Gasteiger partial charge in [0.2, 0.25) is 0 Å². The summed E-state index contributed by atoms with van der Waals surface area (Å²) in [5.41, 5.74) is 5.83. The quantitative estimate of drug-likeness (QED) is 0.244. The zero-order valence-corrected chi connectivity index (χ0v) is 16.5. The predicted molar refractivity (Wildman–Crippen MR) is 104 cm³/mol. The van der Waals surface area contributed by atoms with Crippen molar-refractivity contribution in [3.8, 4) is 0 Å². The Bertz CT molecular complexity index is 563. The molecule has 146 valence electrons. The van der Waals surface area contributed by atoms with Gasteiger partial charge >= 0.3 is 5.97 Å². The van der Waals surface area contributed by atoms with E-state index in [0.717, 1.165) is 32.8 Å². The van der Waals surface area contributed by atoms with Gasteiger partial charge in [-0.3, -0.25) is 0 Å². The van der Waals surface area contributed by atoms with E-state index in [0.29, 0.717) is 0 Å². The van der Waals surface area contributed by atoms with Crippen molar-refractivity contribution in [2.45, 2.75) is 77.4 Å². The van der Waals surface area contributed by atoms with E-state index in [1.165, 1.54) is 49.3 Å². The van der Waals surface area contributed by atoms with Crippen LogP contribution in [0.3, 0.4) is 0 Å². The van der Waals surface area contributed by atoms with Gasteiger partial charge in [0, 0.05) is 5.92 Å². The SMILES string of the molecule is CCCCCCC=CC1=C(CC=C=CC(C)C(O)(O)C(=O)OC)CCC1. The number of carbonyl (C=O) groups excluding carboxylic acids is 1. The number of rotatable bonds is 11. The third-order valence-corrected chi connectivity index (χ3v) is 4.86. The van der Waals surface area contributed by atoms with E-state index in [9.17, 15) is 15.0 Å². The summed E-state index contributed by atoms with van der Waals surface area (Å²) >= 11 is 0. The molecular formula is C22H34O4. The van der Waals surface area contributed by atoms with Crippen LogP contribution in [0.4, 0.5) is 0 Å². The highest BCUT2D eigenvalue weighted by Gasteiger charge is 2.39. The normalized spacial score (nSPS) is 15.9. The zero-order chi connectivity index (χ0) is 19.4. The lowest BCUT2D eigenvalue weighted by Gasteiger charge is -2.22. The van der Waals surface area contributed by atoms with Crippen LogP contribution in [0.2, 0.25) is 0 Å². The number of allylic oxidation sites excluding steroid dienone is 4. The summed E-state index contributed by atoms with van der Waals surface area (Å²) in [5, 5.41) is 19.5. The number of aliphatic hydroxyl groups is 2. The average molecular weight is 363 g/mol. The van der Waals surface area contributed by atoms with Crippen molar-refractivity contribution in [1.82, 2.24) is 0 Å². The summed E-state index contributed by atoms with van der Waals surface area (Å²) in [5.74, 6) is -4.38. The van der Waals surface area contributed by atoms with E-state index in [2.05, 4.69) is 29.5 Å². The molecule has 4 heteroatoms. The largest absolute Gasteiger partial charge is 0.465 e. The van der Waals surface area contributed by atoms with Crippen molar-refractivity contribution < 1.29 is 19.7 Å². The van der Waals surface area contributed by atoms with Crippen molar-refractivity contribution >= 4 is 5.97 Å². The standard InChI is InChI=1S/C22H34O4/c1-4-5-6-7-8-9-14-19-16-12-17-20(19)15-11-10-13-18(2)22(24,25)21(23)26-3/h9,11,13-14,18,24-25H,4-8,12,15-17H2,1-3H3. The second-order valence-electron chi connectivity index (χ2n) is 6.98. The Labute approximate surface area is 158 Å². The second kappa shape index (κ2) is 11.9. The number of hydrogen-bond acceptors (Lipinski definition) is 4. The first-order valence-electron chi connectivity index (χ1n) is 9.75. The summed E-state index contributed by atoms with van der Waals surface area (Å²) in [6.45, 7) is 3.77. The highest BCUT2D eigenvalue weighted by atomic mass is 16.6. The zero-order valence-electron chi connectivity index (χ0n) is 16.5. The first kappa shape index (κ1) is 22.4. The van der Waals surface area contributed by atoms with Gasteiger partial charge in [-0.15, -0.1) is 5.73 Å². The van der Waals surface area contributed by atoms with Gasteiger partial charge in [-0.2, -0.15) is 0 Å². The van der Waals surface area contributed by atoms with E-state index in [-0.39, 0.29) is 0 Å². The maximum absolute atomic E-state index is 11.3. The summed E-state index contributed by atoms with van der Waals surface area (Å²) in [6.07, 6.45) is 18.5. The first-order chi connectivity index (χ1) is 12.4. The minimum absolute atomic E-state index is 0.800. The van der Waals surface area contributed by atoms with Gasteiger partial charge < -0.3 is 14.9 Å². The summed E-state index contributed by atoms with van der Waals surface area (Å²) < 4.78 is 4.39. The highest BCUT2D eigenvalue weighted by Crippen LogP contribution is 2.29. The van der Waals surface area contributed by atoms with Gasteiger partial charge in [0.05, 0.1) is 7.11 Å². The first-order valence-corrected chi connectivity index (χ1v) is 9.75. The minimum Gasteiger partial charge on any atom is -0.465 e. The monoisotopic (exact) mass is 362 g/mol. The molecule has 0 heterocycles. The van der Waals surface area contributed by atoms with Gasteiger partial charge in [0.15, 0.2) is 0 Å². The molecule has 26 heavy (non-hydrogen) atoms. The molecule has 0 radical (unpaired) electrons. The minimum atomic E-state index is -2.52. The molecule has 1 aliphatic carbocycles. The van der Waals surface area contributed by atoms with E-state index in [1.54, 1.807) is 6.92 Å². The maximum atomic E-state index is 11.3. The van der Waals surface area contributed by atoms with E-state index < -0.39 is 17.7 Å². The van der Waals surface area contributed by atoms with Gasteiger partial charge in [-0.25, -0.2) is 4.79 Å². The summed E-state index contributed by atoms with van der Waals surface area (Å²) in [7, 11) is 1.13. The third kappa shape index (κ3) is 7.33. The van der Waals surface area contributed by atoms with Crippen LogP contribution in [-0.2, 0) is 9.53 Å². The van der Waals surface area contributed by atoms with Gasteiger partial charge in [0.1, 0.15) is 0 Å². The van der Waals surface area contributed by atoms with Crippen molar-refractivity contribution in [2.24, 2.45) is 5.92 Å². The van der Waals surface area contributed by atoms with E-state index >= 15 is 0 Å². The van der Waals surface area contributed by atoms with Crippen LogP contribution in [-0.4, -0.2) is 29.1 Å². The second-order valence-corrected chi connectivity index (χ2v) is 6.98. The average Bonchev–Trinajstić information content (AvgIpc) is 3.07. The lowest BCUT2D eigenvalue weighted by atomic mass is 10.0. The van der Waals surface area contributed by atoms with E-state index in [4.69, 9.17) is 0 Å². The molecule has 0 amide bonds. The van der Waals surface area contributed by atoms with Crippen molar-refractivity contribution in [2.75, 3.05) is 7.11 Å². The number of esters is 1. The lowest BCUT2D eigenvalue weighted by molar-refractivity contribution is -0.217. The molecule has 0 aromatic carbocycles. The molecule has 0 aromatic rings. The molecule has 1 rings (SSSR count). The van der Waals surface area contributed by atoms with Crippen LogP contribution < -0.4 is 0 Å². The fourth-order valence-electron chi connectivity index (χ4n) is 3.03. The Kier molecular flexibility index (Phi) is 10.3. The fraction of sp³-hybridized carbons (Fsp3) is 0.636. The lowest BCUT2D eigenvalue weighted by Crippen LogP contribution is -2.44. The Morgan fingerprint density at radius 2 is 2.08 bits per heavy atom. The number of carbonyl (C=O) groups is 1. The molecular weight excluding hydrogens is 328 g/mol. The number of ether oxygens (including phenoxy) is 1. The van der Waals surface area contributed by atoms with Crippen LogP contribution in [0.5, 0.6) is 0 Å². The molecule has 1 unspecified atom stereocenters. The molecule has 0 spiro atoms. The van der Waals surface area contributed by atoms with Crippen LogP contribution in [0.1, 0.15) is 71.6 Å². The Balaban J connectivity index is 2.56. The van der Waals surface area contributed by atoms with E-state index in [1.807, 2.05) is 6.08 Å². The third-order valence-electron chi connectivity index (χ3n) is 4.86. The van der Waals surface area contributed by atoms with Crippen LogP contribution in [0, 0.1) is 5.92 Å². The maximum Gasteiger partial charge on any atom is 0.366 e.